The Morgan fingerprint density at radius 3 is 2.83 bits per heavy atom. The Bertz CT molecular complexity index is 355. The Labute approximate surface area is 108 Å². The molecule has 0 aliphatic carbocycles. The van der Waals surface area contributed by atoms with E-state index in [1.165, 1.54) is 18.6 Å². The predicted molar refractivity (Wildman–Crippen MR) is 70.2 cm³/mol. The lowest BCUT2D eigenvalue weighted by molar-refractivity contribution is 0.190. The molecular weight excluding hydrogens is 231 g/mol. The van der Waals surface area contributed by atoms with Gasteiger partial charge >= 0.3 is 0 Å². The summed E-state index contributed by atoms with van der Waals surface area (Å²) in [6.45, 7) is 3.83. The fourth-order valence-electron chi connectivity index (χ4n) is 2.30. The number of halogens is 1. The second kappa shape index (κ2) is 6.71. The van der Waals surface area contributed by atoms with E-state index >= 15 is 0 Å². The average Bonchev–Trinajstić information content (AvgIpc) is 2.37. The molecular formula is C14H21FN2O. The van der Waals surface area contributed by atoms with E-state index in [1.807, 2.05) is 0 Å². The van der Waals surface area contributed by atoms with E-state index in [0.717, 1.165) is 38.2 Å². The standard InChI is InChI=1S/C14H21FN2O/c15-12-4-6-14(7-5-12)18-10-2-9-17-8-1-3-13(16)11-17/h4-7,13H,1-3,8-11,16H2/t13-/m1/s1. The Hall–Kier alpha value is -1.13. The second-order valence-electron chi connectivity index (χ2n) is 4.86. The Balaban J connectivity index is 1.62. The van der Waals surface area contributed by atoms with Gasteiger partial charge in [-0.05, 0) is 50.1 Å². The highest BCUT2D eigenvalue weighted by atomic mass is 19.1. The lowest BCUT2D eigenvalue weighted by atomic mass is 10.1. The van der Waals surface area contributed by atoms with E-state index in [1.54, 1.807) is 12.1 Å². The summed E-state index contributed by atoms with van der Waals surface area (Å²) in [5, 5.41) is 0. The lowest BCUT2D eigenvalue weighted by Crippen LogP contribution is -2.43. The van der Waals surface area contributed by atoms with E-state index in [0.29, 0.717) is 12.6 Å². The van der Waals surface area contributed by atoms with Crippen LogP contribution in [0.25, 0.3) is 0 Å². The topological polar surface area (TPSA) is 38.5 Å². The SMILES string of the molecule is N[C@@H]1CCCN(CCCOc2ccc(F)cc2)C1. The molecule has 2 rings (SSSR count). The molecule has 0 unspecified atom stereocenters. The molecule has 1 saturated heterocycles. The van der Waals surface area contributed by atoms with E-state index in [-0.39, 0.29) is 5.82 Å². The van der Waals surface area contributed by atoms with Crippen molar-refractivity contribution >= 4 is 0 Å². The van der Waals surface area contributed by atoms with Gasteiger partial charge in [-0.25, -0.2) is 4.39 Å². The van der Waals surface area contributed by atoms with E-state index in [4.69, 9.17) is 10.5 Å². The summed E-state index contributed by atoms with van der Waals surface area (Å²) in [7, 11) is 0. The number of ether oxygens (including phenoxy) is 1. The van der Waals surface area contributed by atoms with E-state index in [9.17, 15) is 4.39 Å². The van der Waals surface area contributed by atoms with Gasteiger partial charge in [0.25, 0.3) is 0 Å². The normalized spacial score (nSPS) is 20.9. The molecule has 0 amide bonds. The van der Waals surface area contributed by atoms with Crippen molar-refractivity contribution in [3.8, 4) is 5.75 Å². The summed E-state index contributed by atoms with van der Waals surface area (Å²) in [6, 6.07) is 6.48. The van der Waals surface area contributed by atoms with Crippen molar-refractivity contribution < 1.29 is 9.13 Å². The number of likely N-dealkylation sites (tertiary alicyclic amines) is 1. The van der Waals surface area contributed by atoms with Crippen LogP contribution in [0, 0.1) is 5.82 Å². The zero-order valence-electron chi connectivity index (χ0n) is 10.6. The first-order valence-corrected chi connectivity index (χ1v) is 6.60. The molecule has 0 radical (unpaired) electrons. The van der Waals surface area contributed by atoms with Crippen LogP contribution >= 0.6 is 0 Å². The molecule has 2 N–H and O–H groups in total. The van der Waals surface area contributed by atoms with Gasteiger partial charge < -0.3 is 15.4 Å². The molecule has 1 aromatic rings. The Kier molecular flexibility index (Phi) is 4.96. The Morgan fingerprint density at radius 1 is 1.33 bits per heavy atom. The quantitative estimate of drug-likeness (QED) is 0.815. The van der Waals surface area contributed by atoms with Crippen molar-refractivity contribution in [2.24, 2.45) is 5.73 Å². The number of nitrogens with two attached hydrogens (primary N) is 1. The molecule has 1 aliphatic rings. The number of hydrogen-bond acceptors (Lipinski definition) is 3. The molecule has 0 spiro atoms. The molecule has 0 aromatic heterocycles. The first kappa shape index (κ1) is 13.3. The maximum Gasteiger partial charge on any atom is 0.123 e. The molecule has 18 heavy (non-hydrogen) atoms. The van der Waals surface area contributed by atoms with E-state index in [2.05, 4.69) is 4.90 Å². The van der Waals surface area contributed by atoms with Crippen molar-refractivity contribution in [3.63, 3.8) is 0 Å². The zero-order chi connectivity index (χ0) is 12.8. The Morgan fingerprint density at radius 2 is 2.11 bits per heavy atom. The van der Waals surface area contributed by atoms with Crippen LogP contribution in [0.15, 0.2) is 24.3 Å². The monoisotopic (exact) mass is 252 g/mol. The molecule has 1 heterocycles. The highest BCUT2D eigenvalue weighted by molar-refractivity contribution is 5.21. The minimum atomic E-state index is -0.232. The van der Waals surface area contributed by atoms with Crippen molar-refractivity contribution in [2.75, 3.05) is 26.2 Å². The maximum atomic E-state index is 12.7. The van der Waals surface area contributed by atoms with Crippen LogP contribution in [0.1, 0.15) is 19.3 Å². The summed E-state index contributed by atoms with van der Waals surface area (Å²) in [5.74, 6) is 0.497. The van der Waals surface area contributed by atoms with E-state index < -0.39 is 0 Å². The van der Waals surface area contributed by atoms with Crippen molar-refractivity contribution in [3.05, 3.63) is 30.1 Å². The molecule has 1 atom stereocenters. The summed E-state index contributed by atoms with van der Waals surface area (Å²) in [5.41, 5.74) is 5.93. The van der Waals surface area contributed by atoms with Crippen molar-refractivity contribution in [1.82, 2.24) is 4.90 Å². The molecule has 1 fully saturated rings. The fourth-order valence-corrected chi connectivity index (χ4v) is 2.30. The predicted octanol–water partition coefficient (Wildman–Crippen LogP) is 2.02. The van der Waals surface area contributed by atoms with Crippen LogP contribution in [0.3, 0.4) is 0 Å². The third kappa shape index (κ3) is 4.27. The minimum absolute atomic E-state index is 0.232. The minimum Gasteiger partial charge on any atom is -0.494 e. The largest absolute Gasteiger partial charge is 0.494 e. The average molecular weight is 252 g/mol. The van der Waals surface area contributed by atoms with Gasteiger partial charge in [0.15, 0.2) is 0 Å². The highest BCUT2D eigenvalue weighted by Crippen LogP contribution is 2.12. The molecule has 3 nitrogen and oxygen atoms in total. The maximum absolute atomic E-state index is 12.7. The van der Waals surface area contributed by atoms with Crippen LogP contribution < -0.4 is 10.5 Å². The van der Waals surface area contributed by atoms with Crippen molar-refractivity contribution in [2.45, 2.75) is 25.3 Å². The third-order valence-corrected chi connectivity index (χ3v) is 3.24. The molecule has 1 aliphatic heterocycles. The van der Waals surface area contributed by atoms with Crippen LogP contribution in [0.4, 0.5) is 4.39 Å². The molecule has 0 bridgehead atoms. The summed E-state index contributed by atoms with van der Waals surface area (Å²) in [4.78, 5) is 2.39. The molecule has 0 saturated carbocycles. The van der Waals surface area contributed by atoms with Gasteiger partial charge in [0, 0.05) is 19.1 Å². The number of nitrogens with zero attached hydrogens (tertiary/aromatic N) is 1. The number of rotatable bonds is 5. The van der Waals surface area contributed by atoms with Gasteiger partial charge in [0.2, 0.25) is 0 Å². The van der Waals surface area contributed by atoms with Crippen LogP contribution in [-0.4, -0.2) is 37.2 Å². The van der Waals surface area contributed by atoms with Gasteiger partial charge in [-0.15, -0.1) is 0 Å². The summed E-state index contributed by atoms with van der Waals surface area (Å²) in [6.07, 6.45) is 3.31. The molecule has 4 heteroatoms. The smallest absolute Gasteiger partial charge is 0.123 e. The van der Waals surface area contributed by atoms with Crippen LogP contribution in [-0.2, 0) is 0 Å². The first-order valence-electron chi connectivity index (χ1n) is 6.60. The molecule has 100 valence electrons. The van der Waals surface area contributed by atoms with Gasteiger partial charge in [-0.2, -0.15) is 0 Å². The highest BCUT2D eigenvalue weighted by Gasteiger charge is 2.15. The second-order valence-corrected chi connectivity index (χ2v) is 4.86. The summed E-state index contributed by atoms with van der Waals surface area (Å²) < 4.78 is 18.2. The van der Waals surface area contributed by atoms with Gasteiger partial charge in [0.05, 0.1) is 6.61 Å². The number of hydrogen-bond donors (Lipinski definition) is 1. The fraction of sp³-hybridized carbons (Fsp3) is 0.571. The number of benzene rings is 1. The van der Waals surface area contributed by atoms with Gasteiger partial charge in [0.1, 0.15) is 11.6 Å². The summed E-state index contributed by atoms with van der Waals surface area (Å²) >= 11 is 0. The zero-order valence-corrected chi connectivity index (χ0v) is 10.6. The van der Waals surface area contributed by atoms with Gasteiger partial charge in [-0.3, -0.25) is 0 Å². The van der Waals surface area contributed by atoms with Crippen LogP contribution in [0.2, 0.25) is 0 Å². The number of piperidine rings is 1. The van der Waals surface area contributed by atoms with Crippen molar-refractivity contribution in [1.29, 1.82) is 0 Å². The van der Waals surface area contributed by atoms with Gasteiger partial charge in [-0.1, -0.05) is 0 Å². The third-order valence-electron chi connectivity index (χ3n) is 3.24. The van der Waals surface area contributed by atoms with Crippen LogP contribution in [0.5, 0.6) is 5.75 Å². The first-order chi connectivity index (χ1) is 8.74. The lowest BCUT2D eigenvalue weighted by Gasteiger charge is -2.30. The molecule has 1 aromatic carbocycles.